The zero-order valence-electron chi connectivity index (χ0n) is 14.9. The van der Waals surface area contributed by atoms with Crippen molar-refractivity contribution in [2.75, 3.05) is 30.9 Å². The normalized spacial score (nSPS) is 22.5. The number of halogens is 1. The number of aliphatic hydroxyl groups is 1. The molecule has 4 nitrogen and oxygen atoms in total. The maximum absolute atomic E-state index is 11.9. The van der Waals surface area contributed by atoms with Crippen molar-refractivity contribution in [3.05, 3.63) is 58.6 Å². The number of hydrogen-bond donors (Lipinski definition) is 1. The van der Waals surface area contributed by atoms with Gasteiger partial charge in [-0.15, -0.1) is 0 Å². The van der Waals surface area contributed by atoms with Crippen LogP contribution in [-0.4, -0.2) is 40.8 Å². The Bertz CT molecular complexity index is 869. The second-order valence-corrected chi connectivity index (χ2v) is 8.24. The van der Waals surface area contributed by atoms with Crippen LogP contribution >= 0.6 is 23.4 Å². The van der Waals surface area contributed by atoms with Crippen LogP contribution in [0.25, 0.3) is 0 Å². The molecule has 1 atom stereocenters. The Kier molecular flexibility index (Phi) is 4.63. The van der Waals surface area contributed by atoms with Crippen LogP contribution < -0.4 is 9.64 Å². The lowest BCUT2D eigenvalue weighted by Gasteiger charge is -2.29. The number of ether oxygens (including phenoxy) is 1. The predicted octanol–water partition coefficient (Wildman–Crippen LogP) is 3.83. The topological polar surface area (TPSA) is 35.7 Å². The average molecular weight is 390 g/mol. The fourth-order valence-corrected chi connectivity index (χ4v) is 4.97. The number of aryl methyl sites for hydroxylation is 1. The Morgan fingerprint density at radius 2 is 2.00 bits per heavy atom. The molecule has 0 spiro atoms. The fourth-order valence-electron chi connectivity index (χ4n) is 3.67. The quantitative estimate of drug-likeness (QED) is 0.809. The molecule has 0 saturated carbocycles. The first-order valence-electron chi connectivity index (χ1n) is 8.71. The Morgan fingerprint density at radius 3 is 2.73 bits per heavy atom. The minimum Gasteiger partial charge on any atom is -0.492 e. The van der Waals surface area contributed by atoms with Crippen LogP contribution in [0.2, 0.25) is 5.02 Å². The molecule has 1 N–H and O–H groups in total. The molecule has 2 aliphatic heterocycles. The molecule has 0 saturated heterocycles. The zero-order valence-corrected chi connectivity index (χ0v) is 16.5. The maximum atomic E-state index is 11.9. The summed E-state index contributed by atoms with van der Waals surface area (Å²) in [5.74, 6) is 1.80. The van der Waals surface area contributed by atoms with E-state index in [-0.39, 0.29) is 0 Å². The van der Waals surface area contributed by atoms with Crippen molar-refractivity contribution in [3.63, 3.8) is 0 Å². The molecule has 0 aromatic heterocycles. The van der Waals surface area contributed by atoms with Crippen LogP contribution in [0.1, 0.15) is 17.5 Å². The first-order chi connectivity index (χ1) is 12.5. The third kappa shape index (κ3) is 2.88. The largest absolute Gasteiger partial charge is 0.492 e. The van der Waals surface area contributed by atoms with Gasteiger partial charge in [0.15, 0.2) is 18.0 Å². The van der Waals surface area contributed by atoms with Gasteiger partial charge in [0.1, 0.15) is 0 Å². The number of methoxy groups -OCH3 is 1. The van der Waals surface area contributed by atoms with E-state index in [2.05, 4.69) is 17.6 Å². The highest BCUT2D eigenvalue weighted by atomic mass is 35.5. The Balaban J connectivity index is 1.90. The van der Waals surface area contributed by atoms with Gasteiger partial charge in [-0.1, -0.05) is 29.8 Å². The van der Waals surface area contributed by atoms with E-state index >= 15 is 0 Å². The van der Waals surface area contributed by atoms with E-state index in [9.17, 15) is 5.11 Å². The number of amidine groups is 1. The molecule has 0 bridgehead atoms. The monoisotopic (exact) mass is 389 g/mol. The van der Waals surface area contributed by atoms with Crippen LogP contribution in [-0.2, 0) is 5.72 Å². The second kappa shape index (κ2) is 6.80. The van der Waals surface area contributed by atoms with Crippen molar-refractivity contribution in [2.24, 2.45) is 0 Å². The van der Waals surface area contributed by atoms with E-state index in [0.717, 1.165) is 46.4 Å². The summed E-state index contributed by atoms with van der Waals surface area (Å²) in [4.78, 5) is 2.03. The summed E-state index contributed by atoms with van der Waals surface area (Å²) in [6.45, 7) is 3.52. The molecule has 0 aliphatic carbocycles. The van der Waals surface area contributed by atoms with Gasteiger partial charge in [0.2, 0.25) is 0 Å². The third-order valence-electron chi connectivity index (χ3n) is 4.93. The highest BCUT2D eigenvalue weighted by Crippen LogP contribution is 2.43. The van der Waals surface area contributed by atoms with Crippen molar-refractivity contribution in [3.8, 4) is 5.75 Å². The first-order valence-corrected chi connectivity index (χ1v) is 10.1. The summed E-state index contributed by atoms with van der Waals surface area (Å²) in [7, 11) is 1.67. The average Bonchev–Trinajstić information content (AvgIpc) is 2.95. The molecule has 2 aromatic rings. The van der Waals surface area contributed by atoms with Gasteiger partial charge in [0.25, 0.3) is 5.72 Å². The Labute approximate surface area is 163 Å². The lowest BCUT2D eigenvalue weighted by Crippen LogP contribution is -2.46. The van der Waals surface area contributed by atoms with Crippen molar-refractivity contribution in [2.45, 2.75) is 19.1 Å². The van der Waals surface area contributed by atoms with Gasteiger partial charge in [-0.25, -0.2) is 4.58 Å². The molecule has 0 fully saturated rings. The number of anilines is 1. The van der Waals surface area contributed by atoms with Gasteiger partial charge >= 0.3 is 5.17 Å². The molecule has 0 amide bonds. The van der Waals surface area contributed by atoms with Crippen molar-refractivity contribution >= 4 is 34.2 Å². The van der Waals surface area contributed by atoms with Crippen molar-refractivity contribution in [1.82, 2.24) is 0 Å². The smallest absolute Gasteiger partial charge is 0.316 e. The van der Waals surface area contributed by atoms with Crippen LogP contribution in [0.5, 0.6) is 5.75 Å². The Hall–Kier alpha value is -1.69. The second-order valence-electron chi connectivity index (χ2n) is 6.74. The SMILES string of the molecule is COc1ccc(C)cc1N1C2=[N+](CCCS2)C[C@]1(O)c1ccc(Cl)cc1. The number of nitrogens with zero attached hydrogens (tertiary/aromatic N) is 2. The molecule has 26 heavy (non-hydrogen) atoms. The van der Waals surface area contributed by atoms with Crippen molar-refractivity contribution in [1.29, 1.82) is 0 Å². The summed E-state index contributed by atoms with van der Waals surface area (Å²) >= 11 is 7.86. The van der Waals surface area contributed by atoms with Gasteiger partial charge < -0.3 is 9.84 Å². The first kappa shape index (κ1) is 17.7. The summed E-state index contributed by atoms with van der Waals surface area (Å²) in [6, 6.07) is 13.5. The van der Waals surface area contributed by atoms with E-state index in [4.69, 9.17) is 16.3 Å². The molecular weight excluding hydrogens is 368 g/mol. The van der Waals surface area contributed by atoms with Gasteiger partial charge in [-0.3, -0.25) is 0 Å². The minimum absolute atomic E-state index is 0.522. The van der Waals surface area contributed by atoms with Gasteiger partial charge in [0, 0.05) is 16.3 Å². The number of thioether (sulfide) groups is 1. The summed E-state index contributed by atoms with van der Waals surface area (Å²) < 4.78 is 7.89. The molecular formula is C20H22ClN2O2S+. The summed E-state index contributed by atoms with van der Waals surface area (Å²) in [6.07, 6.45) is 1.11. The summed E-state index contributed by atoms with van der Waals surface area (Å²) in [5.41, 5.74) is 1.67. The minimum atomic E-state index is -1.17. The number of benzene rings is 2. The van der Waals surface area contributed by atoms with Crippen LogP contribution in [0.3, 0.4) is 0 Å². The standard InChI is InChI=1S/C20H22ClN2O2S/c1-14-4-9-18(25-2)17(12-14)23-19-22(10-3-11-26-19)13-20(23,24)15-5-7-16(21)8-6-15/h4-9,12,24H,3,10-11,13H2,1-2H3/q+1/t20-/m0/s1. The zero-order chi connectivity index (χ0) is 18.3. The molecule has 136 valence electrons. The number of rotatable bonds is 3. The molecule has 2 heterocycles. The third-order valence-corrected chi connectivity index (χ3v) is 6.37. The van der Waals surface area contributed by atoms with E-state index in [1.807, 2.05) is 41.3 Å². The van der Waals surface area contributed by atoms with Crippen LogP contribution in [0.15, 0.2) is 42.5 Å². The molecule has 4 rings (SSSR count). The van der Waals surface area contributed by atoms with Gasteiger partial charge in [-0.05, 0) is 54.9 Å². The maximum Gasteiger partial charge on any atom is 0.316 e. The molecule has 2 aliphatic rings. The molecule has 2 aromatic carbocycles. The highest BCUT2D eigenvalue weighted by molar-refractivity contribution is 8.14. The highest BCUT2D eigenvalue weighted by Gasteiger charge is 2.56. The van der Waals surface area contributed by atoms with Crippen molar-refractivity contribution < 1.29 is 14.4 Å². The van der Waals surface area contributed by atoms with Crippen LogP contribution in [0, 0.1) is 6.92 Å². The van der Waals surface area contributed by atoms with Gasteiger partial charge in [-0.2, -0.15) is 4.90 Å². The van der Waals surface area contributed by atoms with E-state index in [1.165, 1.54) is 0 Å². The number of hydrogen-bond acceptors (Lipinski definition) is 4. The Morgan fingerprint density at radius 1 is 1.23 bits per heavy atom. The lowest BCUT2D eigenvalue weighted by atomic mass is 10.0. The van der Waals surface area contributed by atoms with E-state index in [0.29, 0.717) is 11.6 Å². The molecule has 6 heteroatoms. The van der Waals surface area contributed by atoms with Gasteiger partial charge in [0.05, 0.1) is 13.7 Å². The molecule has 0 unspecified atom stereocenters. The summed E-state index contributed by atoms with van der Waals surface area (Å²) in [5, 5.41) is 13.6. The fraction of sp³-hybridized carbons (Fsp3) is 0.350. The molecule has 0 radical (unpaired) electrons. The predicted molar refractivity (Wildman–Crippen MR) is 108 cm³/mol. The van der Waals surface area contributed by atoms with E-state index in [1.54, 1.807) is 18.9 Å². The lowest BCUT2D eigenvalue weighted by molar-refractivity contribution is -0.532. The van der Waals surface area contributed by atoms with Crippen LogP contribution in [0.4, 0.5) is 5.69 Å². The van der Waals surface area contributed by atoms with E-state index < -0.39 is 5.72 Å².